The van der Waals surface area contributed by atoms with Crippen molar-refractivity contribution in [3.63, 3.8) is 0 Å². The van der Waals surface area contributed by atoms with Crippen LogP contribution in [0, 0.1) is 0 Å². The molecule has 25 heavy (non-hydrogen) atoms. The van der Waals surface area contributed by atoms with E-state index in [1.807, 2.05) is 30.3 Å². The van der Waals surface area contributed by atoms with Crippen LogP contribution in [-0.4, -0.2) is 24.1 Å². The third kappa shape index (κ3) is 3.95. The first kappa shape index (κ1) is 18.8. The number of ether oxygens (including phenoxy) is 1. The Morgan fingerprint density at radius 2 is 1.56 bits per heavy atom. The summed E-state index contributed by atoms with van der Waals surface area (Å²) in [6.07, 6.45) is 0.633. The summed E-state index contributed by atoms with van der Waals surface area (Å²) in [5.74, 6) is -0.790. The lowest BCUT2D eigenvalue weighted by atomic mass is 9.76. The molecule has 1 atom stereocenters. The molecule has 132 valence electrons. The summed E-state index contributed by atoms with van der Waals surface area (Å²) in [6.45, 7) is 7.17. The van der Waals surface area contributed by atoms with Crippen LogP contribution in [-0.2, 0) is 19.1 Å². The molecule has 0 saturated carbocycles. The van der Waals surface area contributed by atoms with Gasteiger partial charge in [-0.05, 0) is 39.7 Å². The molecule has 0 saturated heterocycles. The maximum absolute atomic E-state index is 12.9. The minimum atomic E-state index is -0.301. The summed E-state index contributed by atoms with van der Waals surface area (Å²) in [6, 6.07) is 9.54. The van der Waals surface area contributed by atoms with Gasteiger partial charge in [0.1, 0.15) is 0 Å². The average molecular weight is 340 g/mol. The molecular formula is C21H24O4. The molecular weight excluding hydrogens is 316 g/mol. The van der Waals surface area contributed by atoms with Gasteiger partial charge in [-0.1, -0.05) is 30.3 Å². The van der Waals surface area contributed by atoms with Crippen LogP contribution < -0.4 is 0 Å². The normalized spacial score (nSPS) is 16.3. The minimum absolute atomic E-state index is 0.0934. The number of ketones is 2. The summed E-state index contributed by atoms with van der Waals surface area (Å²) in [5, 5.41) is 0. The van der Waals surface area contributed by atoms with Crippen molar-refractivity contribution in [2.75, 3.05) is 6.61 Å². The van der Waals surface area contributed by atoms with Crippen molar-refractivity contribution in [3.05, 3.63) is 58.2 Å². The third-order valence-electron chi connectivity index (χ3n) is 4.73. The molecule has 0 N–H and O–H groups in total. The highest BCUT2D eigenvalue weighted by Gasteiger charge is 2.33. The molecule has 1 aromatic rings. The highest BCUT2D eigenvalue weighted by Crippen LogP contribution is 2.37. The Balaban J connectivity index is 2.43. The van der Waals surface area contributed by atoms with Gasteiger partial charge in [0.05, 0.1) is 6.61 Å². The Hall–Kier alpha value is -2.49. The van der Waals surface area contributed by atoms with Crippen LogP contribution >= 0.6 is 0 Å². The molecule has 0 spiro atoms. The van der Waals surface area contributed by atoms with E-state index in [4.69, 9.17) is 4.74 Å². The summed E-state index contributed by atoms with van der Waals surface area (Å²) < 4.78 is 5.01. The van der Waals surface area contributed by atoms with E-state index in [1.54, 1.807) is 27.7 Å². The monoisotopic (exact) mass is 340 g/mol. The van der Waals surface area contributed by atoms with Crippen molar-refractivity contribution in [2.45, 2.75) is 46.5 Å². The first-order valence-corrected chi connectivity index (χ1v) is 8.56. The van der Waals surface area contributed by atoms with Crippen molar-refractivity contribution in [2.24, 2.45) is 0 Å². The minimum Gasteiger partial charge on any atom is -0.466 e. The molecule has 0 bridgehead atoms. The number of esters is 1. The van der Waals surface area contributed by atoms with Crippen LogP contribution in [0.3, 0.4) is 0 Å². The SMILES string of the molecule is CCOC(=O)CCC(C1=C(C)C(=O)C(C)=C(C)C1=O)c1ccccc1. The second-order valence-electron chi connectivity index (χ2n) is 6.25. The van der Waals surface area contributed by atoms with E-state index < -0.39 is 0 Å². The Labute approximate surface area is 148 Å². The van der Waals surface area contributed by atoms with Gasteiger partial charge in [-0.25, -0.2) is 0 Å². The van der Waals surface area contributed by atoms with Gasteiger partial charge >= 0.3 is 5.97 Å². The van der Waals surface area contributed by atoms with Crippen molar-refractivity contribution < 1.29 is 19.1 Å². The molecule has 0 fully saturated rings. The number of allylic oxidation sites excluding steroid dienone is 4. The predicted octanol–water partition coefficient (Wildman–Crippen LogP) is 3.92. The fourth-order valence-corrected chi connectivity index (χ4v) is 3.19. The molecule has 2 rings (SSSR count). The van der Waals surface area contributed by atoms with Crippen molar-refractivity contribution in [1.29, 1.82) is 0 Å². The van der Waals surface area contributed by atoms with Crippen LogP contribution in [0.5, 0.6) is 0 Å². The number of carbonyl (C=O) groups is 3. The number of hydrogen-bond acceptors (Lipinski definition) is 4. The Morgan fingerprint density at radius 1 is 0.960 bits per heavy atom. The average Bonchev–Trinajstić information content (AvgIpc) is 2.62. The first-order valence-electron chi connectivity index (χ1n) is 8.56. The lowest BCUT2D eigenvalue weighted by Crippen LogP contribution is -2.25. The number of Topliss-reactive ketones (excluding diaryl/α,β-unsaturated/α-hetero) is 2. The van der Waals surface area contributed by atoms with Gasteiger partial charge in [0.15, 0.2) is 11.6 Å². The molecule has 0 radical (unpaired) electrons. The van der Waals surface area contributed by atoms with Gasteiger partial charge in [-0.15, -0.1) is 0 Å². The third-order valence-corrected chi connectivity index (χ3v) is 4.73. The number of rotatable bonds is 6. The van der Waals surface area contributed by atoms with Crippen LogP contribution in [0.2, 0.25) is 0 Å². The van der Waals surface area contributed by atoms with Crippen LogP contribution in [0.1, 0.15) is 52.0 Å². The fourth-order valence-electron chi connectivity index (χ4n) is 3.19. The van der Waals surface area contributed by atoms with Crippen molar-refractivity contribution >= 4 is 17.5 Å². The second-order valence-corrected chi connectivity index (χ2v) is 6.25. The molecule has 1 aliphatic rings. The summed E-state index contributed by atoms with van der Waals surface area (Å²) in [5.41, 5.74) is 2.90. The lowest BCUT2D eigenvalue weighted by Gasteiger charge is -2.26. The van der Waals surface area contributed by atoms with Gasteiger partial charge in [0, 0.05) is 34.6 Å². The quantitative estimate of drug-likeness (QED) is 0.582. The highest BCUT2D eigenvalue weighted by atomic mass is 16.5. The van der Waals surface area contributed by atoms with E-state index in [2.05, 4.69) is 0 Å². The predicted molar refractivity (Wildman–Crippen MR) is 96.1 cm³/mol. The number of carbonyl (C=O) groups excluding carboxylic acids is 3. The van der Waals surface area contributed by atoms with E-state index in [0.717, 1.165) is 5.56 Å². The number of benzene rings is 1. The maximum Gasteiger partial charge on any atom is 0.305 e. The highest BCUT2D eigenvalue weighted by molar-refractivity contribution is 6.25. The topological polar surface area (TPSA) is 60.4 Å². The zero-order valence-corrected chi connectivity index (χ0v) is 15.2. The van der Waals surface area contributed by atoms with Crippen LogP contribution in [0.15, 0.2) is 52.6 Å². The van der Waals surface area contributed by atoms with Crippen molar-refractivity contribution in [3.8, 4) is 0 Å². The largest absolute Gasteiger partial charge is 0.466 e. The molecule has 0 heterocycles. The van der Waals surface area contributed by atoms with E-state index >= 15 is 0 Å². The fraction of sp³-hybridized carbons (Fsp3) is 0.381. The molecule has 1 unspecified atom stereocenters. The Kier molecular flexibility index (Phi) is 6.07. The zero-order chi connectivity index (χ0) is 18.6. The van der Waals surface area contributed by atoms with Crippen LogP contribution in [0.25, 0.3) is 0 Å². The van der Waals surface area contributed by atoms with E-state index in [0.29, 0.717) is 35.3 Å². The van der Waals surface area contributed by atoms with Gasteiger partial charge in [-0.2, -0.15) is 0 Å². The summed E-state index contributed by atoms with van der Waals surface area (Å²) in [4.78, 5) is 37.2. The van der Waals surface area contributed by atoms with Gasteiger partial charge < -0.3 is 4.74 Å². The molecule has 0 aromatic heterocycles. The Morgan fingerprint density at radius 3 is 2.16 bits per heavy atom. The molecule has 1 aliphatic carbocycles. The molecule has 4 heteroatoms. The van der Waals surface area contributed by atoms with E-state index in [9.17, 15) is 14.4 Å². The van der Waals surface area contributed by atoms with E-state index in [-0.39, 0.29) is 29.9 Å². The summed E-state index contributed by atoms with van der Waals surface area (Å²) in [7, 11) is 0. The van der Waals surface area contributed by atoms with Gasteiger partial charge in [0.2, 0.25) is 0 Å². The molecule has 0 amide bonds. The standard InChI is InChI=1S/C21H24O4/c1-5-25-18(22)12-11-17(16-9-7-6-8-10-16)19-15(4)20(23)13(2)14(3)21(19)24/h6-10,17H,5,11-12H2,1-4H3. The zero-order valence-electron chi connectivity index (χ0n) is 15.2. The molecule has 1 aromatic carbocycles. The van der Waals surface area contributed by atoms with E-state index in [1.165, 1.54) is 0 Å². The van der Waals surface area contributed by atoms with Gasteiger partial charge in [0.25, 0.3) is 0 Å². The Bertz CT molecular complexity index is 753. The second kappa shape index (κ2) is 8.06. The van der Waals surface area contributed by atoms with Crippen LogP contribution in [0.4, 0.5) is 0 Å². The molecule has 0 aliphatic heterocycles. The van der Waals surface area contributed by atoms with Crippen molar-refractivity contribution in [1.82, 2.24) is 0 Å². The maximum atomic E-state index is 12.9. The lowest BCUT2D eigenvalue weighted by molar-refractivity contribution is -0.143. The van der Waals surface area contributed by atoms with Gasteiger partial charge in [-0.3, -0.25) is 14.4 Å². The molecule has 4 nitrogen and oxygen atoms in total. The smallest absolute Gasteiger partial charge is 0.305 e. The first-order chi connectivity index (χ1) is 11.9. The summed E-state index contributed by atoms with van der Waals surface area (Å²) >= 11 is 0. The number of hydrogen-bond donors (Lipinski definition) is 0.